The number of hydrogen-bond acceptors (Lipinski definition) is 5. The van der Waals surface area contributed by atoms with Crippen molar-refractivity contribution >= 4 is 28.4 Å². The third-order valence-corrected chi connectivity index (χ3v) is 6.05. The van der Waals surface area contributed by atoms with E-state index in [-0.39, 0.29) is 0 Å². The average molecular weight is 343 g/mol. The van der Waals surface area contributed by atoms with Crippen molar-refractivity contribution in [2.45, 2.75) is 31.3 Å². The predicted octanol–water partition coefficient (Wildman–Crippen LogP) is 2.95. The largest absolute Gasteiger partial charge is 0.398 e. The molecule has 2 aromatic rings. The van der Waals surface area contributed by atoms with Crippen molar-refractivity contribution in [3.8, 4) is 0 Å². The van der Waals surface area contributed by atoms with Gasteiger partial charge in [-0.05, 0) is 48.4 Å². The van der Waals surface area contributed by atoms with Crippen molar-refractivity contribution in [3.63, 3.8) is 0 Å². The molecule has 2 atom stereocenters. The normalized spacial score (nSPS) is 22.8. The Morgan fingerprint density at radius 3 is 2.71 bits per heavy atom. The first-order chi connectivity index (χ1) is 11.7. The minimum absolute atomic E-state index is 0.656. The fourth-order valence-electron chi connectivity index (χ4n) is 3.91. The van der Waals surface area contributed by atoms with Gasteiger partial charge in [-0.3, -0.25) is 0 Å². The number of nitrogen functional groups attached to an aromatic ring is 1. The number of benzene rings is 1. The van der Waals surface area contributed by atoms with E-state index in [1.54, 1.807) is 11.3 Å². The minimum Gasteiger partial charge on any atom is -0.398 e. The maximum absolute atomic E-state index is 6.36. The van der Waals surface area contributed by atoms with Crippen LogP contribution in [-0.4, -0.2) is 38.8 Å². The van der Waals surface area contributed by atoms with Crippen molar-refractivity contribution in [2.75, 3.05) is 42.2 Å². The standard InChI is InChI=1S/C19H26N4S/c1-22(18-7-9-24-13-18)8-6-14-2-5-17(10-19(14)20)23-11-15-3-4-16(12-23)21-15/h2,5,7,9-10,13,15-16,21H,3-4,6,8,11-12,20H2,1H3. The maximum atomic E-state index is 6.36. The molecule has 1 aromatic heterocycles. The number of nitrogens with zero attached hydrogens (tertiary/aromatic N) is 2. The second-order valence-electron chi connectivity index (χ2n) is 7.08. The number of hydrogen-bond donors (Lipinski definition) is 2. The summed E-state index contributed by atoms with van der Waals surface area (Å²) in [5, 5.41) is 7.99. The Morgan fingerprint density at radius 2 is 2.04 bits per heavy atom. The zero-order chi connectivity index (χ0) is 16.5. The summed E-state index contributed by atoms with van der Waals surface area (Å²) in [6, 6.07) is 10.1. The molecule has 3 heterocycles. The summed E-state index contributed by atoms with van der Waals surface area (Å²) in [4.78, 5) is 4.79. The van der Waals surface area contributed by atoms with E-state index in [0.717, 1.165) is 31.7 Å². The first-order valence-corrected chi connectivity index (χ1v) is 9.76. The molecule has 4 rings (SSSR count). The molecule has 0 aliphatic carbocycles. The molecule has 2 aliphatic rings. The predicted molar refractivity (Wildman–Crippen MR) is 104 cm³/mol. The van der Waals surface area contributed by atoms with Crippen molar-refractivity contribution in [3.05, 3.63) is 40.6 Å². The number of fused-ring (bicyclic) bond motifs is 2. The van der Waals surface area contributed by atoms with Crippen molar-refractivity contribution in [1.82, 2.24) is 5.32 Å². The molecule has 2 bridgehead atoms. The summed E-state index contributed by atoms with van der Waals surface area (Å²) in [6.45, 7) is 3.20. The van der Waals surface area contributed by atoms with E-state index in [2.05, 4.69) is 57.2 Å². The molecule has 128 valence electrons. The Bertz CT molecular complexity index is 673. The quantitative estimate of drug-likeness (QED) is 0.820. The zero-order valence-corrected chi connectivity index (χ0v) is 15.1. The number of thiophene rings is 1. The lowest BCUT2D eigenvalue weighted by molar-refractivity contribution is 0.466. The van der Waals surface area contributed by atoms with Gasteiger partial charge in [0.2, 0.25) is 0 Å². The van der Waals surface area contributed by atoms with Crippen molar-refractivity contribution < 1.29 is 0 Å². The number of nitrogens with one attached hydrogen (secondary N) is 1. The zero-order valence-electron chi connectivity index (χ0n) is 14.2. The van der Waals surface area contributed by atoms with E-state index in [1.165, 1.54) is 29.8 Å². The fourth-order valence-corrected chi connectivity index (χ4v) is 4.60. The second-order valence-corrected chi connectivity index (χ2v) is 7.86. The molecular formula is C19H26N4S. The highest BCUT2D eigenvalue weighted by atomic mass is 32.1. The number of piperazine rings is 1. The van der Waals surface area contributed by atoms with Crippen LogP contribution in [0.2, 0.25) is 0 Å². The van der Waals surface area contributed by atoms with Crippen LogP contribution in [0.25, 0.3) is 0 Å². The third-order valence-electron chi connectivity index (χ3n) is 5.37. The van der Waals surface area contributed by atoms with Crippen LogP contribution >= 0.6 is 11.3 Å². The van der Waals surface area contributed by atoms with E-state index < -0.39 is 0 Å². The van der Waals surface area contributed by atoms with Crippen LogP contribution in [0, 0.1) is 0 Å². The Kier molecular flexibility index (Phi) is 4.37. The molecule has 3 N–H and O–H groups in total. The molecule has 24 heavy (non-hydrogen) atoms. The number of anilines is 3. The summed E-state index contributed by atoms with van der Waals surface area (Å²) >= 11 is 1.74. The van der Waals surface area contributed by atoms with Crippen LogP contribution in [0.1, 0.15) is 18.4 Å². The average Bonchev–Trinajstić information content (AvgIpc) is 3.23. The van der Waals surface area contributed by atoms with Gasteiger partial charge >= 0.3 is 0 Å². The molecule has 1 aromatic carbocycles. The van der Waals surface area contributed by atoms with Crippen LogP contribution in [0.15, 0.2) is 35.0 Å². The first-order valence-electron chi connectivity index (χ1n) is 8.82. The van der Waals surface area contributed by atoms with Gasteiger partial charge in [-0.2, -0.15) is 11.3 Å². The van der Waals surface area contributed by atoms with Crippen molar-refractivity contribution in [1.29, 1.82) is 0 Å². The number of nitrogens with two attached hydrogens (primary N) is 1. The van der Waals surface area contributed by atoms with E-state index >= 15 is 0 Å². The molecule has 0 spiro atoms. The summed E-state index contributed by atoms with van der Waals surface area (Å²) in [5.74, 6) is 0. The maximum Gasteiger partial charge on any atom is 0.0472 e. The van der Waals surface area contributed by atoms with E-state index in [4.69, 9.17) is 5.73 Å². The van der Waals surface area contributed by atoms with E-state index in [1.807, 2.05) is 0 Å². The molecule has 2 saturated heterocycles. The molecular weight excluding hydrogens is 316 g/mol. The van der Waals surface area contributed by atoms with Crippen LogP contribution < -0.4 is 20.9 Å². The second kappa shape index (κ2) is 6.65. The lowest BCUT2D eigenvalue weighted by atomic mass is 10.1. The van der Waals surface area contributed by atoms with Gasteiger partial charge in [-0.15, -0.1) is 0 Å². The minimum atomic E-state index is 0.656. The van der Waals surface area contributed by atoms with Gasteiger partial charge in [-0.1, -0.05) is 6.07 Å². The van der Waals surface area contributed by atoms with Gasteiger partial charge in [0.15, 0.2) is 0 Å². The summed E-state index contributed by atoms with van der Waals surface area (Å²) < 4.78 is 0. The molecule has 0 radical (unpaired) electrons. The molecule has 4 nitrogen and oxygen atoms in total. The van der Waals surface area contributed by atoms with E-state index in [9.17, 15) is 0 Å². The lowest BCUT2D eigenvalue weighted by Gasteiger charge is -2.35. The van der Waals surface area contributed by atoms with Gasteiger partial charge in [0.1, 0.15) is 0 Å². The fraction of sp³-hybridized carbons (Fsp3) is 0.474. The molecule has 5 heteroatoms. The molecule has 0 amide bonds. The van der Waals surface area contributed by atoms with Gasteiger partial charge in [0.25, 0.3) is 0 Å². The van der Waals surface area contributed by atoms with Gasteiger partial charge < -0.3 is 20.9 Å². The Balaban J connectivity index is 1.40. The highest BCUT2D eigenvalue weighted by Crippen LogP contribution is 2.28. The lowest BCUT2D eigenvalue weighted by Crippen LogP contribution is -2.51. The third kappa shape index (κ3) is 3.23. The summed E-state index contributed by atoms with van der Waals surface area (Å²) in [5.41, 5.74) is 11.1. The highest BCUT2D eigenvalue weighted by molar-refractivity contribution is 7.08. The molecule has 2 aliphatic heterocycles. The van der Waals surface area contributed by atoms with Crippen LogP contribution in [-0.2, 0) is 6.42 Å². The smallest absolute Gasteiger partial charge is 0.0472 e. The Hall–Kier alpha value is -1.72. The number of likely N-dealkylation sites (N-methyl/N-ethyl adjacent to an activating group) is 1. The van der Waals surface area contributed by atoms with Crippen LogP contribution in [0.3, 0.4) is 0 Å². The molecule has 2 unspecified atom stereocenters. The van der Waals surface area contributed by atoms with E-state index in [0.29, 0.717) is 12.1 Å². The Labute approximate surface area is 148 Å². The highest BCUT2D eigenvalue weighted by Gasteiger charge is 2.32. The first kappa shape index (κ1) is 15.8. The van der Waals surface area contributed by atoms with Gasteiger partial charge in [0.05, 0.1) is 0 Å². The van der Waals surface area contributed by atoms with Crippen molar-refractivity contribution in [2.24, 2.45) is 0 Å². The molecule has 2 fully saturated rings. The number of rotatable bonds is 5. The van der Waals surface area contributed by atoms with Crippen LogP contribution in [0.4, 0.5) is 17.1 Å². The molecule has 0 saturated carbocycles. The monoisotopic (exact) mass is 342 g/mol. The summed E-state index contributed by atoms with van der Waals surface area (Å²) in [7, 11) is 2.14. The van der Waals surface area contributed by atoms with Gasteiger partial charge in [-0.25, -0.2) is 0 Å². The SMILES string of the molecule is CN(CCc1ccc(N2CC3CCC(C2)N3)cc1N)c1ccsc1. The Morgan fingerprint density at radius 1 is 1.25 bits per heavy atom. The van der Waals surface area contributed by atoms with Crippen LogP contribution in [0.5, 0.6) is 0 Å². The topological polar surface area (TPSA) is 44.5 Å². The summed E-state index contributed by atoms with van der Waals surface area (Å²) in [6.07, 6.45) is 3.60. The van der Waals surface area contributed by atoms with Gasteiger partial charge in [0, 0.05) is 61.2 Å².